The van der Waals surface area contributed by atoms with Gasteiger partial charge in [-0.25, -0.2) is 0 Å². The van der Waals surface area contributed by atoms with Crippen LogP contribution in [0.2, 0.25) is 0 Å². The molecule has 2 aliphatic rings. The highest BCUT2D eigenvalue weighted by atomic mass is 16.6. The van der Waals surface area contributed by atoms with E-state index in [0.29, 0.717) is 12.8 Å². The number of carbonyl (C=O) groups excluding carboxylic acids is 2. The molecule has 0 spiro atoms. The molecule has 0 aromatic heterocycles. The third kappa shape index (κ3) is 4.75. The number of Topliss-reactive ketones (excluding diaryl/α,β-unsaturated/α-hetero) is 1. The van der Waals surface area contributed by atoms with Crippen molar-refractivity contribution >= 4 is 11.8 Å². The van der Waals surface area contributed by atoms with Gasteiger partial charge in [0.05, 0.1) is 0 Å². The first-order valence-electron chi connectivity index (χ1n) is 10.1. The van der Waals surface area contributed by atoms with Gasteiger partial charge in [-0.3, -0.25) is 9.59 Å². The summed E-state index contributed by atoms with van der Waals surface area (Å²) >= 11 is 0. The third-order valence-electron chi connectivity index (χ3n) is 6.20. The number of ketones is 1. The number of hydroxylamine groups is 4. The van der Waals surface area contributed by atoms with Crippen molar-refractivity contribution in [2.45, 2.75) is 91.8 Å². The zero-order chi connectivity index (χ0) is 21.7. The lowest BCUT2D eigenvalue weighted by molar-refractivity contribution is -0.292. The summed E-state index contributed by atoms with van der Waals surface area (Å²) < 4.78 is 5.76. The summed E-state index contributed by atoms with van der Waals surface area (Å²) in [6.45, 7) is 15.5. The number of piperidine rings is 2. The van der Waals surface area contributed by atoms with E-state index in [1.165, 1.54) is 0 Å². The Morgan fingerprint density at radius 3 is 1.71 bits per heavy atom. The van der Waals surface area contributed by atoms with E-state index in [-0.39, 0.29) is 31.2 Å². The highest BCUT2D eigenvalue weighted by molar-refractivity contribution is 5.97. The summed E-state index contributed by atoms with van der Waals surface area (Å²) in [5, 5.41) is 26.5. The smallest absolute Gasteiger partial charge is 0.313 e. The SMILES string of the molecule is CC1(C)CN([O])CC(C)(C)C1OC(=O)CC(=O)C1CC(C)(C)N([O])C(C)(C)C1. The van der Waals surface area contributed by atoms with Crippen molar-refractivity contribution in [1.82, 2.24) is 10.1 Å². The maximum Gasteiger partial charge on any atom is 0.313 e. The first-order chi connectivity index (χ1) is 12.5. The Bertz CT molecular complexity index is 590. The van der Waals surface area contributed by atoms with E-state index < -0.39 is 34.0 Å². The molecule has 0 saturated carbocycles. The van der Waals surface area contributed by atoms with Crippen molar-refractivity contribution in [2.24, 2.45) is 16.7 Å². The molecule has 2 saturated heterocycles. The van der Waals surface area contributed by atoms with Crippen LogP contribution in [0.5, 0.6) is 0 Å². The summed E-state index contributed by atoms with van der Waals surface area (Å²) in [5.41, 5.74) is -2.31. The van der Waals surface area contributed by atoms with Crippen LogP contribution < -0.4 is 0 Å². The molecule has 0 aliphatic carbocycles. The van der Waals surface area contributed by atoms with Gasteiger partial charge in [-0.1, -0.05) is 27.7 Å². The van der Waals surface area contributed by atoms with Gasteiger partial charge in [-0.15, -0.1) is 15.5 Å². The fourth-order valence-corrected chi connectivity index (χ4v) is 5.46. The van der Waals surface area contributed by atoms with Crippen molar-refractivity contribution in [3.8, 4) is 0 Å². The molecule has 0 unspecified atom stereocenters. The van der Waals surface area contributed by atoms with E-state index in [4.69, 9.17) is 4.74 Å². The Hall–Kier alpha value is -1.02. The average Bonchev–Trinajstić information content (AvgIpc) is 2.46. The van der Waals surface area contributed by atoms with Gasteiger partial charge in [0.2, 0.25) is 0 Å². The predicted molar refractivity (Wildman–Crippen MR) is 103 cm³/mol. The number of rotatable bonds is 4. The van der Waals surface area contributed by atoms with Gasteiger partial charge in [-0.2, -0.15) is 5.06 Å². The predicted octanol–water partition coefficient (Wildman–Crippen LogP) is 3.19. The van der Waals surface area contributed by atoms with Gasteiger partial charge in [0, 0.05) is 40.9 Å². The van der Waals surface area contributed by atoms with Crippen LogP contribution in [-0.4, -0.2) is 52.2 Å². The molecule has 2 heterocycles. The molecule has 2 radical (unpaired) electrons. The number of hydrogen-bond donors (Lipinski definition) is 0. The Morgan fingerprint density at radius 2 is 1.29 bits per heavy atom. The summed E-state index contributed by atoms with van der Waals surface area (Å²) in [6.07, 6.45) is 0.121. The van der Waals surface area contributed by atoms with Crippen LogP contribution in [0.3, 0.4) is 0 Å². The number of nitrogens with zero attached hydrogens (tertiary/aromatic N) is 2. The lowest BCUT2D eigenvalue weighted by atomic mass is 9.68. The normalized spacial score (nSPS) is 28.1. The minimum atomic E-state index is -0.656. The van der Waals surface area contributed by atoms with Gasteiger partial charge < -0.3 is 4.74 Å². The van der Waals surface area contributed by atoms with Crippen LogP contribution in [0.15, 0.2) is 0 Å². The van der Waals surface area contributed by atoms with Crippen molar-refractivity contribution in [3.63, 3.8) is 0 Å². The van der Waals surface area contributed by atoms with Crippen LogP contribution in [0.1, 0.15) is 74.7 Å². The second-order valence-corrected chi connectivity index (χ2v) is 11.3. The quantitative estimate of drug-likeness (QED) is 0.538. The first-order valence-corrected chi connectivity index (χ1v) is 10.1. The van der Waals surface area contributed by atoms with E-state index in [2.05, 4.69) is 0 Å². The van der Waals surface area contributed by atoms with Crippen LogP contribution in [-0.2, 0) is 24.7 Å². The highest BCUT2D eigenvalue weighted by Crippen LogP contribution is 2.43. The number of hydrogen-bond acceptors (Lipinski definition) is 5. The molecule has 2 aliphatic heterocycles. The number of carbonyl (C=O) groups is 2. The van der Waals surface area contributed by atoms with Gasteiger partial charge in [0.1, 0.15) is 18.3 Å². The van der Waals surface area contributed by atoms with E-state index in [1.807, 2.05) is 55.4 Å². The van der Waals surface area contributed by atoms with Gasteiger partial charge in [0.25, 0.3) is 0 Å². The fraction of sp³-hybridized carbons (Fsp3) is 0.905. The van der Waals surface area contributed by atoms with E-state index in [0.717, 1.165) is 10.1 Å². The molecule has 0 bridgehead atoms. The average molecular weight is 397 g/mol. The minimum Gasteiger partial charge on any atom is -0.461 e. The van der Waals surface area contributed by atoms with Crippen molar-refractivity contribution in [2.75, 3.05) is 13.1 Å². The molecule has 0 N–H and O–H groups in total. The van der Waals surface area contributed by atoms with Crippen LogP contribution in [0.25, 0.3) is 0 Å². The zero-order valence-electron chi connectivity index (χ0n) is 18.6. The monoisotopic (exact) mass is 396 g/mol. The number of esters is 1. The Labute approximate surface area is 168 Å². The molecule has 0 atom stereocenters. The van der Waals surface area contributed by atoms with E-state index >= 15 is 0 Å². The zero-order valence-corrected chi connectivity index (χ0v) is 18.6. The summed E-state index contributed by atoms with van der Waals surface area (Å²) in [4.78, 5) is 25.4. The fourth-order valence-electron chi connectivity index (χ4n) is 5.46. The highest BCUT2D eigenvalue weighted by Gasteiger charge is 2.51. The van der Waals surface area contributed by atoms with Gasteiger partial charge in [-0.05, 0) is 40.5 Å². The van der Waals surface area contributed by atoms with Crippen molar-refractivity contribution < 1.29 is 24.7 Å². The lowest BCUT2D eigenvalue weighted by Crippen LogP contribution is -2.59. The summed E-state index contributed by atoms with van der Waals surface area (Å²) in [7, 11) is 0. The molecular formula is C21H36N2O5. The Morgan fingerprint density at radius 1 is 0.857 bits per heavy atom. The Balaban J connectivity index is 2.06. The standard InChI is InChI=1S/C21H36N2O5/c1-18(2)12-22(26)13-19(3,4)17(18)28-16(25)9-15(24)14-10-20(5,6)23(27)21(7,8)11-14/h14,17H,9-13H2,1-8H3. The molecule has 0 aromatic carbocycles. The molecule has 2 fully saturated rings. The molecule has 0 aromatic rings. The van der Waals surface area contributed by atoms with Crippen molar-refractivity contribution in [3.05, 3.63) is 0 Å². The van der Waals surface area contributed by atoms with Gasteiger partial charge >= 0.3 is 5.97 Å². The molecule has 2 rings (SSSR count). The van der Waals surface area contributed by atoms with Crippen LogP contribution >= 0.6 is 0 Å². The van der Waals surface area contributed by atoms with Crippen LogP contribution in [0, 0.1) is 16.7 Å². The maximum absolute atomic E-state index is 12.8. The van der Waals surface area contributed by atoms with E-state index in [1.54, 1.807) is 0 Å². The van der Waals surface area contributed by atoms with Crippen molar-refractivity contribution in [1.29, 1.82) is 0 Å². The molecule has 28 heavy (non-hydrogen) atoms. The second-order valence-electron chi connectivity index (χ2n) is 11.3. The van der Waals surface area contributed by atoms with E-state index in [9.17, 15) is 20.0 Å². The minimum absolute atomic E-state index is 0.170. The molecular weight excluding hydrogens is 360 g/mol. The molecule has 0 amide bonds. The molecule has 160 valence electrons. The van der Waals surface area contributed by atoms with Gasteiger partial charge in [0.15, 0.2) is 0 Å². The largest absolute Gasteiger partial charge is 0.461 e. The first kappa shape index (κ1) is 23.3. The molecule has 7 heteroatoms. The summed E-state index contributed by atoms with van der Waals surface area (Å²) in [6, 6.07) is 0. The number of ether oxygens (including phenoxy) is 1. The summed E-state index contributed by atoms with van der Waals surface area (Å²) in [5.74, 6) is -1.06. The van der Waals surface area contributed by atoms with Crippen LogP contribution in [0.4, 0.5) is 0 Å². The Kier molecular flexibility index (Phi) is 6.10. The lowest BCUT2D eigenvalue weighted by Gasteiger charge is -2.50. The maximum atomic E-state index is 12.8. The second kappa shape index (κ2) is 7.35. The molecule has 7 nitrogen and oxygen atoms in total. The topological polar surface area (TPSA) is 89.7 Å². The third-order valence-corrected chi connectivity index (χ3v) is 6.20.